The lowest BCUT2D eigenvalue weighted by Crippen LogP contribution is -2.55. The number of aromatic hydroxyl groups is 1. The predicted molar refractivity (Wildman–Crippen MR) is 180 cm³/mol. The molecule has 14 heteroatoms. The number of aliphatic hydroxyl groups excluding tert-OH is 1. The molecule has 0 heterocycles. The Morgan fingerprint density at radius 2 is 1.53 bits per heavy atom. The van der Waals surface area contributed by atoms with Gasteiger partial charge in [0.1, 0.15) is 17.8 Å². The maximum Gasteiger partial charge on any atom is 0.243 e. The lowest BCUT2D eigenvalue weighted by atomic mass is 10.0. The number of guanidine groups is 1. The van der Waals surface area contributed by atoms with E-state index in [1.54, 1.807) is 12.1 Å². The van der Waals surface area contributed by atoms with Crippen LogP contribution in [0.15, 0.2) is 59.6 Å². The highest BCUT2D eigenvalue weighted by Gasteiger charge is 2.30. The first-order valence-corrected chi connectivity index (χ1v) is 15.7. The molecule has 0 unspecified atom stereocenters. The van der Waals surface area contributed by atoms with E-state index in [4.69, 9.17) is 17.2 Å². The highest BCUT2D eigenvalue weighted by molar-refractivity contribution is 5.93. The van der Waals surface area contributed by atoms with Crippen molar-refractivity contribution in [3.63, 3.8) is 0 Å². The van der Waals surface area contributed by atoms with Gasteiger partial charge in [0, 0.05) is 20.0 Å². The Balaban J connectivity index is 2.13. The van der Waals surface area contributed by atoms with Gasteiger partial charge in [-0.3, -0.25) is 24.2 Å². The third-order valence-electron chi connectivity index (χ3n) is 7.48. The van der Waals surface area contributed by atoms with Crippen molar-refractivity contribution in [3.05, 3.63) is 65.7 Å². The van der Waals surface area contributed by atoms with E-state index < -0.39 is 54.3 Å². The van der Waals surface area contributed by atoms with Crippen LogP contribution in [0.25, 0.3) is 0 Å². The molecule has 0 saturated carbocycles. The summed E-state index contributed by atoms with van der Waals surface area (Å²) in [7, 11) is 1.48. The summed E-state index contributed by atoms with van der Waals surface area (Å²) in [4.78, 5) is 58.2. The molecular weight excluding hydrogens is 604 g/mol. The minimum absolute atomic E-state index is 0.0805. The number of benzene rings is 2. The fourth-order valence-electron chi connectivity index (χ4n) is 4.90. The van der Waals surface area contributed by atoms with E-state index in [1.165, 1.54) is 24.1 Å². The second kappa shape index (κ2) is 19.7. The third kappa shape index (κ3) is 14.1. The molecule has 4 amide bonds. The van der Waals surface area contributed by atoms with Crippen molar-refractivity contribution >= 4 is 29.6 Å². The molecule has 11 N–H and O–H groups in total. The number of rotatable bonds is 19. The zero-order chi connectivity index (χ0) is 34.9. The standard InChI is InChI=1S/C33H50N8O6/c1-21(2)16-24(20-42)39-32(47)28(18-22-8-5-4-6-9-22)41(3)29(44)19-38-31(46)27(10-7-15-37-33(35)36)40-30(45)26(34)17-23-11-13-25(43)14-12-23/h4-6,8-9,11-14,21,24,26-28,42-43H,7,10,15-20,34H2,1-3H3,(H,38,46)(H,39,47)(H,40,45)(H4,35,36,37)/t24-,26-,27+,28-/m0/s1. The number of phenolic OH excluding ortho intramolecular Hbond substituents is 1. The summed E-state index contributed by atoms with van der Waals surface area (Å²) >= 11 is 0. The van der Waals surface area contributed by atoms with Gasteiger partial charge in [-0.25, -0.2) is 0 Å². The van der Waals surface area contributed by atoms with Crippen LogP contribution >= 0.6 is 0 Å². The minimum atomic E-state index is -1.05. The maximum absolute atomic E-state index is 13.4. The van der Waals surface area contributed by atoms with Crippen LogP contribution in [0.4, 0.5) is 0 Å². The molecule has 0 aliphatic heterocycles. The van der Waals surface area contributed by atoms with Gasteiger partial charge in [0.15, 0.2) is 5.96 Å². The number of nitrogens with two attached hydrogens (primary N) is 3. The molecule has 0 aliphatic rings. The van der Waals surface area contributed by atoms with Crippen molar-refractivity contribution in [1.29, 1.82) is 0 Å². The number of carbonyl (C=O) groups excluding carboxylic acids is 4. The Hall–Kier alpha value is -4.69. The number of nitrogens with zero attached hydrogens (tertiary/aromatic N) is 2. The third-order valence-corrected chi connectivity index (χ3v) is 7.48. The van der Waals surface area contributed by atoms with E-state index in [0.717, 1.165) is 11.1 Å². The zero-order valence-corrected chi connectivity index (χ0v) is 27.4. The molecule has 0 bridgehead atoms. The van der Waals surface area contributed by atoms with Crippen molar-refractivity contribution in [2.45, 2.75) is 70.1 Å². The first kappa shape index (κ1) is 38.5. The van der Waals surface area contributed by atoms with Crippen LogP contribution < -0.4 is 33.2 Å². The molecular formula is C33H50N8O6. The number of hydrogen-bond acceptors (Lipinski definition) is 8. The van der Waals surface area contributed by atoms with Gasteiger partial charge in [0.25, 0.3) is 0 Å². The fraction of sp³-hybridized carbons (Fsp3) is 0.485. The van der Waals surface area contributed by atoms with Crippen molar-refractivity contribution in [3.8, 4) is 5.75 Å². The molecule has 258 valence electrons. The molecule has 0 saturated heterocycles. The molecule has 47 heavy (non-hydrogen) atoms. The zero-order valence-electron chi connectivity index (χ0n) is 27.4. The highest BCUT2D eigenvalue weighted by Crippen LogP contribution is 2.13. The van der Waals surface area contributed by atoms with E-state index in [1.807, 2.05) is 44.2 Å². The molecule has 4 atom stereocenters. The molecule has 0 aliphatic carbocycles. The van der Waals surface area contributed by atoms with Gasteiger partial charge in [0.2, 0.25) is 23.6 Å². The number of aliphatic imine (C=N–C) groups is 1. The van der Waals surface area contributed by atoms with Crippen LogP contribution in [0.5, 0.6) is 5.75 Å². The molecule has 2 aromatic carbocycles. The summed E-state index contributed by atoms with van der Waals surface area (Å²) in [6.45, 7) is 3.49. The number of carbonyl (C=O) groups is 4. The van der Waals surface area contributed by atoms with Crippen LogP contribution in [0, 0.1) is 5.92 Å². The van der Waals surface area contributed by atoms with E-state index in [2.05, 4.69) is 20.9 Å². The van der Waals surface area contributed by atoms with Gasteiger partial charge in [-0.15, -0.1) is 0 Å². The average molecular weight is 655 g/mol. The SMILES string of the molecule is CC(C)C[C@@H](CO)NC(=O)[C@H](Cc1ccccc1)N(C)C(=O)CNC(=O)[C@@H](CCCN=C(N)N)NC(=O)[C@@H](N)Cc1ccc(O)cc1. The van der Waals surface area contributed by atoms with Crippen LogP contribution in [0.2, 0.25) is 0 Å². The quantitative estimate of drug-likeness (QED) is 0.0553. The Morgan fingerprint density at radius 1 is 0.894 bits per heavy atom. The molecule has 2 aromatic rings. The largest absolute Gasteiger partial charge is 0.508 e. The topological polar surface area (TPSA) is 238 Å². The summed E-state index contributed by atoms with van der Waals surface area (Å²) < 4.78 is 0. The van der Waals surface area contributed by atoms with Crippen molar-refractivity contribution in [1.82, 2.24) is 20.9 Å². The fourth-order valence-corrected chi connectivity index (χ4v) is 4.90. The molecule has 2 rings (SSSR count). The van der Waals surface area contributed by atoms with Gasteiger partial charge < -0.3 is 48.3 Å². The van der Waals surface area contributed by atoms with E-state index in [-0.39, 0.29) is 50.0 Å². The van der Waals surface area contributed by atoms with Crippen molar-refractivity contribution in [2.24, 2.45) is 28.1 Å². The molecule has 0 fully saturated rings. The first-order chi connectivity index (χ1) is 22.3. The summed E-state index contributed by atoms with van der Waals surface area (Å²) in [6, 6.07) is 12.0. The Labute approximate surface area is 276 Å². The molecule has 0 spiro atoms. The van der Waals surface area contributed by atoms with Crippen LogP contribution in [0.3, 0.4) is 0 Å². The summed E-state index contributed by atoms with van der Waals surface area (Å²) in [5.74, 6) is -1.97. The number of aliphatic hydroxyl groups is 1. The summed E-state index contributed by atoms with van der Waals surface area (Å²) in [5, 5.41) is 27.4. The normalized spacial score (nSPS) is 13.5. The summed E-state index contributed by atoms with van der Waals surface area (Å²) in [5.41, 5.74) is 18.4. The number of nitrogens with one attached hydrogen (secondary N) is 3. The van der Waals surface area contributed by atoms with Crippen LogP contribution in [-0.2, 0) is 32.0 Å². The first-order valence-electron chi connectivity index (χ1n) is 15.7. The Morgan fingerprint density at radius 3 is 2.13 bits per heavy atom. The summed E-state index contributed by atoms with van der Waals surface area (Å²) in [6.07, 6.45) is 1.44. The molecule has 0 radical (unpaired) electrons. The Bertz CT molecular complexity index is 1320. The number of amides is 4. The lowest BCUT2D eigenvalue weighted by Gasteiger charge is -2.30. The van der Waals surface area contributed by atoms with E-state index in [9.17, 15) is 29.4 Å². The van der Waals surface area contributed by atoms with E-state index >= 15 is 0 Å². The average Bonchev–Trinajstić information content (AvgIpc) is 3.03. The lowest BCUT2D eigenvalue weighted by molar-refractivity contribution is -0.140. The van der Waals surface area contributed by atoms with Gasteiger partial charge in [-0.2, -0.15) is 0 Å². The number of phenols is 1. The number of hydrogen-bond donors (Lipinski definition) is 8. The highest BCUT2D eigenvalue weighted by atomic mass is 16.3. The molecule has 14 nitrogen and oxygen atoms in total. The monoisotopic (exact) mass is 654 g/mol. The van der Waals surface area contributed by atoms with Crippen molar-refractivity contribution < 1.29 is 29.4 Å². The second-order valence-corrected chi connectivity index (χ2v) is 11.9. The molecule has 0 aromatic heterocycles. The van der Waals surface area contributed by atoms with Crippen molar-refractivity contribution in [2.75, 3.05) is 26.7 Å². The predicted octanol–water partition coefficient (Wildman–Crippen LogP) is -0.490. The minimum Gasteiger partial charge on any atom is -0.508 e. The number of likely N-dealkylation sites (N-methyl/N-ethyl adjacent to an activating group) is 1. The van der Waals surface area contributed by atoms with Gasteiger partial charge in [-0.1, -0.05) is 56.3 Å². The maximum atomic E-state index is 13.4. The van der Waals surface area contributed by atoms with Gasteiger partial charge in [0.05, 0.1) is 25.2 Å². The van der Waals surface area contributed by atoms with Crippen LogP contribution in [-0.4, -0.2) is 95.6 Å². The van der Waals surface area contributed by atoms with Gasteiger partial charge in [-0.05, 0) is 54.9 Å². The second-order valence-electron chi connectivity index (χ2n) is 11.9. The van der Waals surface area contributed by atoms with Crippen LogP contribution in [0.1, 0.15) is 44.2 Å². The van der Waals surface area contributed by atoms with E-state index in [0.29, 0.717) is 12.8 Å². The smallest absolute Gasteiger partial charge is 0.243 e. The van der Waals surface area contributed by atoms with Gasteiger partial charge >= 0.3 is 0 Å². The Kier molecular flexibility index (Phi) is 16.2.